The number of hydrogen-bond donors (Lipinski definition) is 3. The number of carbonyl (C=O) groups excluding carboxylic acids is 4. The van der Waals surface area contributed by atoms with Crippen LogP contribution in [0.1, 0.15) is 414 Å². The van der Waals surface area contributed by atoms with Crippen LogP contribution >= 0.6 is 15.6 Å². The van der Waals surface area contributed by atoms with E-state index < -0.39 is 97.5 Å². The van der Waals surface area contributed by atoms with Crippen LogP contribution < -0.4 is 0 Å². The lowest BCUT2D eigenvalue weighted by molar-refractivity contribution is -0.161. The summed E-state index contributed by atoms with van der Waals surface area (Å²) in [7, 11) is -9.92. The Kier molecular flexibility index (Phi) is 69.3. The van der Waals surface area contributed by atoms with Gasteiger partial charge in [-0.25, -0.2) is 9.13 Å². The minimum absolute atomic E-state index is 0.108. The van der Waals surface area contributed by atoms with Crippen LogP contribution in [0.3, 0.4) is 0 Å². The van der Waals surface area contributed by atoms with Gasteiger partial charge in [-0.1, -0.05) is 363 Å². The number of carbonyl (C=O) groups is 4. The van der Waals surface area contributed by atoms with E-state index in [2.05, 4.69) is 41.5 Å². The van der Waals surface area contributed by atoms with E-state index in [1.807, 2.05) is 0 Å². The molecular weight excluding hydrogens is 1280 g/mol. The fourth-order valence-electron chi connectivity index (χ4n) is 12.2. The summed E-state index contributed by atoms with van der Waals surface area (Å²) >= 11 is 0. The van der Waals surface area contributed by atoms with Crippen LogP contribution in [0, 0.1) is 11.8 Å². The molecule has 98 heavy (non-hydrogen) atoms. The Morgan fingerprint density at radius 1 is 0.276 bits per heavy atom. The topological polar surface area (TPSA) is 237 Å². The predicted molar refractivity (Wildman–Crippen MR) is 400 cm³/mol. The molecule has 0 saturated heterocycles. The SMILES string of the molecule is CCCCCCCCCCCCCCCCCCC(=O)O[C@H](COC(=O)CCCCCCCCCCCC)COP(=O)(O)OC[C@H](O)COP(=O)(O)OC[C@@H](COC(=O)CCCCCCCCCCCCCCCC(C)C)OC(=O)CCCCCCCCCCCCCCCC(C)C. The first-order chi connectivity index (χ1) is 47.4. The molecular formula is C79H154O17P2. The lowest BCUT2D eigenvalue weighted by Gasteiger charge is -2.21. The van der Waals surface area contributed by atoms with Crippen LogP contribution in [0.2, 0.25) is 0 Å². The van der Waals surface area contributed by atoms with Gasteiger partial charge < -0.3 is 33.8 Å². The smallest absolute Gasteiger partial charge is 0.462 e. The highest BCUT2D eigenvalue weighted by molar-refractivity contribution is 7.47. The molecule has 582 valence electrons. The van der Waals surface area contributed by atoms with Gasteiger partial charge in [0.25, 0.3) is 0 Å². The number of phosphoric acid groups is 2. The second-order valence-electron chi connectivity index (χ2n) is 29.4. The van der Waals surface area contributed by atoms with Gasteiger partial charge >= 0.3 is 39.5 Å². The van der Waals surface area contributed by atoms with Gasteiger partial charge in [0.2, 0.25) is 0 Å². The fourth-order valence-corrected chi connectivity index (χ4v) is 13.8. The number of aliphatic hydroxyl groups excluding tert-OH is 1. The Labute approximate surface area is 600 Å². The highest BCUT2D eigenvalue weighted by Crippen LogP contribution is 2.45. The van der Waals surface area contributed by atoms with Crippen molar-refractivity contribution in [3.05, 3.63) is 0 Å². The Morgan fingerprint density at radius 3 is 0.694 bits per heavy atom. The molecule has 0 aromatic rings. The van der Waals surface area contributed by atoms with Crippen molar-refractivity contribution in [1.29, 1.82) is 0 Å². The molecule has 19 heteroatoms. The first-order valence-electron chi connectivity index (χ1n) is 41.0. The lowest BCUT2D eigenvalue weighted by atomic mass is 10.0. The third kappa shape index (κ3) is 72.4. The summed E-state index contributed by atoms with van der Waals surface area (Å²) in [5.41, 5.74) is 0. The minimum Gasteiger partial charge on any atom is -0.462 e. The molecule has 0 saturated carbocycles. The van der Waals surface area contributed by atoms with E-state index in [9.17, 15) is 43.2 Å². The molecule has 0 fully saturated rings. The standard InChI is InChI=1S/C79H154O17P2/c1-7-9-11-13-15-17-19-20-21-22-27-33-39-45-51-57-63-78(83)95-74(67-89-76(81)61-55-49-43-37-18-16-14-12-10-8-2)69-93-97(85,86)91-65-73(80)66-92-98(87,88)94-70-75(96-79(84)64-58-52-46-40-34-29-24-26-31-36-42-48-54-60-72(5)6)68-90-77(82)62-56-50-44-38-32-28-23-25-30-35-41-47-53-59-71(3)4/h71-75,80H,7-70H2,1-6H3,(H,85,86)(H,87,88)/t73-,74+,75+/m0/s1. The van der Waals surface area contributed by atoms with Crippen LogP contribution in [0.4, 0.5) is 0 Å². The quantitative estimate of drug-likeness (QED) is 0.0222. The van der Waals surface area contributed by atoms with Gasteiger partial charge in [-0.3, -0.25) is 37.3 Å². The highest BCUT2D eigenvalue weighted by Gasteiger charge is 2.30. The first-order valence-corrected chi connectivity index (χ1v) is 44.0. The summed E-state index contributed by atoms with van der Waals surface area (Å²) in [4.78, 5) is 72.9. The molecule has 2 unspecified atom stereocenters. The van der Waals surface area contributed by atoms with E-state index >= 15 is 0 Å². The lowest BCUT2D eigenvalue weighted by Crippen LogP contribution is -2.30. The summed E-state index contributed by atoms with van der Waals surface area (Å²) in [5, 5.41) is 10.6. The van der Waals surface area contributed by atoms with Crippen molar-refractivity contribution in [2.45, 2.75) is 432 Å². The number of phosphoric ester groups is 2. The molecule has 0 aromatic carbocycles. The molecule has 0 rings (SSSR count). The summed E-state index contributed by atoms with van der Waals surface area (Å²) in [6, 6.07) is 0. The number of ether oxygens (including phenoxy) is 4. The normalized spacial score (nSPS) is 13.9. The third-order valence-electron chi connectivity index (χ3n) is 18.5. The Balaban J connectivity index is 5.24. The maximum atomic E-state index is 13.1. The minimum atomic E-state index is -4.96. The van der Waals surface area contributed by atoms with Crippen LogP contribution in [0.25, 0.3) is 0 Å². The van der Waals surface area contributed by atoms with E-state index in [0.717, 1.165) is 102 Å². The molecule has 0 aliphatic heterocycles. The van der Waals surface area contributed by atoms with Crippen LogP contribution in [-0.4, -0.2) is 96.7 Å². The second-order valence-corrected chi connectivity index (χ2v) is 32.3. The van der Waals surface area contributed by atoms with Crippen molar-refractivity contribution < 1.29 is 80.2 Å². The average Bonchev–Trinajstić information content (AvgIpc) is 0.988. The molecule has 0 heterocycles. The molecule has 0 amide bonds. The number of hydrogen-bond acceptors (Lipinski definition) is 15. The molecule has 5 atom stereocenters. The molecule has 0 bridgehead atoms. The number of esters is 4. The average molecular weight is 1440 g/mol. The largest absolute Gasteiger partial charge is 0.472 e. The monoisotopic (exact) mass is 1440 g/mol. The fraction of sp³-hybridized carbons (Fsp3) is 0.949. The molecule has 0 aliphatic carbocycles. The second kappa shape index (κ2) is 70.7. The van der Waals surface area contributed by atoms with Crippen molar-refractivity contribution in [3.63, 3.8) is 0 Å². The van der Waals surface area contributed by atoms with Gasteiger partial charge in [0.15, 0.2) is 12.2 Å². The van der Waals surface area contributed by atoms with E-state index in [-0.39, 0.29) is 25.7 Å². The van der Waals surface area contributed by atoms with Crippen LogP contribution in [0.15, 0.2) is 0 Å². The molecule has 0 aliphatic rings. The van der Waals surface area contributed by atoms with Gasteiger partial charge in [-0.2, -0.15) is 0 Å². The van der Waals surface area contributed by atoms with Crippen LogP contribution in [0.5, 0.6) is 0 Å². The van der Waals surface area contributed by atoms with E-state index in [1.54, 1.807) is 0 Å². The van der Waals surface area contributed by atoms with Crippen molar-refractivity contribution in [2.24, 2.45) is 11.8 Å². The van der Waals surface area contributed by atoms with Crippen molar-refractivity contribution in [1.82, 2.24) is 0 Å². The Hall–Kier alpha value is -1.94. The van der Waals surface area contributed by atoms with Gasteiger partial charge in [0.1, 0.15) is 19.3 Å². The zero-order chi connectivity index (χ0) is 72.1. The number of rotatable bonds is 78. The number of aliphatic hydroxyl groups is 1. The molecule has 0 spiro atoms. The van der Waals surface area contributed by atoms with Gasteiger partial charge in [0, 0.05) is 25.7 Å². The maximum Gasteiger partial charge on any atom is 0.472 e. The molecule has 3 N–H and O–H groups in total. The van der Waals surface area contributed by atoms with E-state index in [4.69, 9.17) is 37.0 Å². The highest BCUT2D eigenvalue weighted by atomic mass is 31.2. The van der Waals surface area contributed by atoms with Gasteiger partial charge in [0.05, 0.1) is 26.4 Å². The molecule has 17 nitrogen and oxygen atoms in total. The van der Waals surface area contributed by atoms with E-state index in [1.165, 1.54) is 231 Å². The van der Waals surface area contributed by atoms with Gasteiger partial charge in [-0.15, -0.1) is 0 Å². The Bertz CT molecular complexity index is 1890. The number of unbranched alkanes of at least 4 members (excludes halogenated alkanes) is 48. The van der Waals surface area contributed by atoms with Crippen LogP contribution in [-0.2, 0) is 65.4 Å². The summed E-state index contributed by atoms with van der Waals surface area (Å²) in [6.07, 6.45) is 59.5. The Morgan fingerprint density at radius 2 is 0.469 bits per heavy atom. The zero-order valence-electron chi connectivity index (χ0n) is 64.1. The van der Waals surface area contributed by atoms with E-state index in [0.29, 0.717) is 25.7 Å². The maximum absolute atomic E-state index is 13.1. The van der Waals surface area contributed by atoms with Crippen molar-refractivity contribution >= 4 is 39.5 Å². The molecule has 0 radical (unpaired) electrons. The molecule has 0 aromatic heterocycles. The zero-order valence-corrected chi connectivity index (χ0v) is 65.9. The van der Waals surface area contributed by atoms with Crippen molar-refractivity contribution in [3.8, 4) is 0 Å². The summed E-state index contributed by atoms with van der Waals surface area (Å²) in [6.45, 7) is 9.66. The summed E-state index contributed by atoms with van der Waals surface area (Å²) in [5.74, 6) is -0.532. The predicted octanol–water partition coefficient (Wildman–Crippen LogP) is 23.5. The first kappa shape index (κ1) is 96.1. The van der Waals surface area contributed by atoms with Crippen molar-refractivity contribution in [2.75, 3.05) is 39.6 Å². The van der Waals surface area contributed by atoms with Gasteiger partial charge in [-0.05, 0) is 37.5 Å². The summed E-state index contributed by atoms with van der Waals surface area (Å²) < 4.78 is 68.7. The third-order valence-corrected chi connectivity index (χ3v) is 20.4.